The Balaban J connectivity index is 2.25. The van der Waals surface area contributed by atoms with Crippen LogP contribution in [0.3, 0.4) is 0 Å². The Morgan fingerprint density at radius 2 is 1.90 bits per heavy atom. The number of nitro benzene ring substituents is 1. The predicted molar refractivity (Wildman–Crippen MR) is 72.1 cm³/mol. The molecule has 108 valence electrons. The summed E-state index contributed by atoms with van der Waals surface area (Å²) in [5.74, 6) is -0.692. The highest BCUT2D eigenvalue weighted by atomic mass is 32.2. The highest BCUT2D eigenvalue weighted by Gasteiger charge is 2.27. The number of rotatable bonds is 2. The normalized spacial score (nSPS) is 17.7. The molecule has 0 spiro atoms. The van der Waals surface area contributed by atoms with Crippen molar-refractivity contribution in [2.75, 3.05) is 30.3 Å². The molecule has 0 bridgehead atoms. The topological polar surface area (TPSA) is 124 Å². The first kappa shape index (κ1) is 14.3. The van der Waals surface area contributed by atoms with E-state index in [1.165, 1.54) is 17.0 Å². The second kappa shape index (κ2) is 5.08. The summed E-state index contributed by atoms with van der Waals surface area (Å²) in [7, 11) is -3.10. The van der Waals surface area contributed by atoms with E-state index in [9.17, 15) is 23.3 Å². The molecular formula is C11H13N3O5S. The lowest BCUT2D eigenvalue weighted by Crippen LogP contribution is -2.43. The lowest BCUT2D eigenvalue weighted by molar-refractivity contribution is -0.384. The number of hydrogen-bond acceptors (Lipinski definition) is 6. The zero-order chi connectivity index (χ0) is 14.9. The van der Waals surface area contributed by atoms with E-state index in [4.69, 9.17) is 5.73 Å². The largest absolute Gasteiger partial charge is 0.398 e. The van der Waals surface area contributed by atoms with Gasteiger partial charge in [-0.1, -0.05) is 0 Å². The van der Waals surface area contributed by atoms with Crippen LogP contribution in [0.15, 0.2) is 18.2 Å². The van der Waals surface area contributed by atoms with Gasteiger partial charge in [0.25, 0.3) is 11.6 Å². The van der Waals surface area contributed by atoms with E-state index < -0.39 is 20.7 Å². The van der Waals surface area contributed by atoms with Gasteiger partial charge in [-0.25, -0.2) is 8.42 Å². The zero-order valence-electron chi connectivity index (χ0n) is 10.5. The fraction of sp³-hybridized carbons (Fsp3) is 0.364. The Morgan fingerprint density at radius 1 is 1.30 bits per heavy atom. The van der Waals surface area contributed by atoms with Crippen molar-refractivity contribution in [3.05, 3.63) is 33.9 Å². The van der Waals surface area contributed by atoms with Crippen LogP contribution in [0.1, 0.15) is 10.4 Å². The molecule has 20 heavy (non-hydrogen) atoms. The van der Waals surface area contributed by atoms with Crippen LogP contribution in [0.25, 0.3) is 0 Å². The summed E-state index contributed by atoms with van der Waals surface area (Å²) in [4.78, 5) is 23.7. The number of nitrogen functional groups attached to an aromatic ring is 1. The van der Waals surface area contributed by atoms with Crippen molar-refractivity contribution in [1.82, 2.24) is 4.90 Å². The van der Waals surface area contributed by atoms with Crippen molar-refractivity contribution < 1.29 is 18.1 Å². The maximum absolute atomic E-state index is 12.2. The average Bonchev–Trinajstić information content (AvgIpc) is 2.38. The molecular weight excluding hydrogens is 286 g/mol. The third-order valence-electron chi connectivity index (χ3n) is 3.11. The van der Waals surface area contributed by atoms with E-state index in [2.05, 4.69) is 0 Å². The number of nitrogens with two attached hydrogens (primary N) is 1. The van der Waals surface area contributed by atoms with Gasteiger partial charge < -0.3 is 10.6 Å². The number of carbonyl (C=O) groups is 1. The number of amides is 1. The molecule has 1 aliphatic rings. The van der Waals surface area contributed by atoms with Gasteiger partial charge in [0.05, 0.1) is 22.0 Å². The summed E-state index contributed by atoms with van der Waals surface area (Å²) in [6.07, 6.45) is 0. The minimum Gasteiger partial charge on any atom is -0.398 e. The second-order valence-corrected chi connectivity index (χ2v) is 6.78. The number of nitro groups is 1. The van der Waals surface area contributed by atoms with E-state index in [0.717, 1.165) is 6.07 Å². The standard InChI is InChI=1S/C11H13N3O5S/c12-10-2-1-8(14(16)17)7-9(10)11(15)13-3-5-20(18,19)6-4-13/h1-2,7H,3-6,12H2. The van der Waals surface area contributed by atoms with E-state index in [1.807, 2.05) is 0 Å². The first-order valence-corrected chi connectivity index (χ1v) is 7.66. The van der Waals surface area contributed by atoms with Crippen molar-refractivity contribution in [3.8, 4) is 0 Å². The van der Waals surface area contributed by atoms with Crippen LogP contribution in [0, 0.1) is 10.1 Å². The maximum atomic E-state index is 12.2. The number of hydrogen-bond donors (Lipinski definition) is 1. The van der Waals surface area contributed by atoms with Crippen molar-refractivity contribution in [1.29, 1.82) is 0 Å². The van der Waals surface area contributed by atoms with Crippen molar-refractivity contribution >= 4 is 27.1 Å². The van der Waals surface area contributed by atoms with E-state index in [-0.39, 0.29) is 41.5 Å². The zero-order valence-corrected chi connectivity index (χ0v) is 11.3. The Kier molecular flexibility index (Phi) is 3.62. The van der Waals surface area contributed by atoms with Gasteiger partial charge in [0.1, 0.15) is 0 Å². The van der Waals surface area contributed by atoms with Gasteiger partial charge in [-0.05, 0) is 6.07 Å². The fourth-order valence-corrected chi connectivity index (χ4v) is 3.13. The van der Waals surface area contributed by atoms with Crippen LogP contribution in [-0.2, 0) is 9.84 Å². The fourth-order valence-electron chi connectivity index (χ4n) is 1.93. The number of anilines is 1. The molecule has 0 atom stereocenters. The van der Waals surface area contributed by atoms with Gasteiger partial charge in [0, 0.05) is 30.9 Å². The van der Waals surface area contributed by atoms with Gasteiger partial charge in [-0.3, -0.25) is 14.9 Å². The summed E-state index contributed by atoms with van der Waals surface area (Å²) < 4.78 is 22.6. The summed E-state index contributed by atoms with van der Waals surface area (Å²) in [5.41, 5.74) is 5.59. The average molecular weight is 299 g/mol. The first-order valence-electron chi connectivity index (χ1n) is 5.84. The Morgan fingerprint density at radius 3 is 2.45 bits per heavy atom. The molecule has 2 N–H and O–H groups in total. The lowest BCUT2D eigenvalue weighted by atomic mass is 10.1. The number of sulfone groups is 1. The van der Waals surface area contributed by atoms with Gasteiger partial charge >= 0.3 is 0 Å². The molecule has 9 heteroatoms. The summed E-state index contributed by atoms with van der Waals surface area (Å²) in [6, 6.07) is 3.62. The molecule has 1 aliphatic heterocycles. The third kappa shape index (κ3) is 2.87. The molecule has 0 radical (unpaired) electrons. The smallest absolute Gasteiger partial charge is 0.270 e. The van der Waals surface area contributed by atoms with Crippen LogP contribution in [0.5, 0.6) is 0 Å². The molecule has 0 saturated carbocycles. The number of carbonyl (C=O) groups excluding carboxylic acids is 1. The van der Waals surface area contributed by atoms with Gasteiger partial charge in [0.2, 0.25) is 0 Å². The van der Waals surface area contributed by atoms with Crippen molar-refractivity contribution in [2.45, 2.75) is 0 Å². The van der Waals surface area contributed by atoms with Gasteiger partial charge in [-0.15, -0.1) is 0 Å². The molecule has 0 unspecified atom stereocenters. The first-order chi connectivity index (χ1) is 9.30. The lowest BCUT2D eigenvalue weighted by Gasteiger charge is -2.27. The quantitative estimate of drug-likeness (QED) is 0.467. The van der Waals surface area contributed by atoms with Crippen LogP contribution in [-0.4, -0.2) is 48.7 Å². The third-order valence-corrected chi connectivity index (χ3v) is 4.72. The van der Waals surface area contributed by atoms with Gasteiger partial charge in [0.15, 0.2) is 9.84 Å². The minimum atomic E-state index is -3.10. The molecule has 8 nitrogen and oxygen atoms in total. The Labute approximate surface area is 115 Å². The molecule has 0 aliphatic carbocycles. The van der Waals surface area contributed by atoms with E-state index in [0.29, 0.717) is 0 Å². The molecule has 0 aromatic heterocycles. The number of benzene rings is 1. The van der Waals surface area contributed by atoms with Crippen molar-refractivity contribution in [3.63, 3.8) is 0 Å². The molecule has 1 heterocycles. The number of non-ortho nitro benzene ring substituents is 1. The molecule has 1 fully saturated rings. The van der Waals surface area contributed by atoms with E-state index >= 15 is 0 Å². The Hall–Kier alpha value is -2.16. The van der Waals surface area contributed by atoms with Crippen LogP contribution >= 0.6 is 0 Å². The molecule has 1 aromatic carbocycles. The maximum Gasteiger partial charge on any atom is 0.270 e. The van der Waals surface area contributed by atoms with Gasteiger partial charge in [-0.2, -0.15) is 0 Å². The predicted octanol–water partition coefficient (Wildman–Crippen LogP) is 0.0476. The van der Waals surface area contributed by atoms with Crippen LogP contribution in [0.4, 0.5) is 11.4 Å². The number of nitrogens with zero attached hydrogens (tertiary/aromatic N) is 2. The van der Waals surface area contributed by atoms with Crippen LogP contribution < -0.4 is 5.73 Å². The summed E-state index contributed by atoms with van der Waals surface area (Å²) in [5, 5.41) is 10.7. The molecule has 2 rings (SSSR count). The molecule has 1 aromatic rings. The second-order valence-electron chi connectivity index (χ2n) is 4.47. The Bertz CT molecular complexity index is 657. The monoisotopic (exact) mass is 299 g/mol. The molecule has 1 amide bonds. The molecule has 1 saturated heterocycles. The SMILES string of the molecule is Nc1ccc([N+](=O)[O-])cc1C(=O)N1CCS(=O)(=O)CC1. The highest BCUT2D eigenvalue weighted by Crippen LogP contribution is 2.22. The summed E-state index contributed by atoms with van der Waals surface area (Å²) >= 11 is 0. The van der Waals surface area contributed by atoms with Crippen LogP contribution in [0.2, 0.25) is 0 Å². The summed E-state index contributed by atoms with van der Waals surface area (Å²) in [6.45, 7) is 0.145. The highest BCUT2D eigenvalue weighted by molar-refractivity contribution is 7.91. The minimum absolute atomic E-state index is 0.0264. The van der Waals surface area contributed by atoms with Crippen molar-refractivity contribution in [2.24, 2.45) is 0 Å². The van der Waals surface area contributed by atoms with E-state index in [1.54, 1.807) is 0 Å².